The molecule has 1 aromatic rings. The van der Waals surface area contributed by atoms with Crippen LogP contribution in [0.25, 0.3) is 0 Å². The maximum absolute atomic E-state index is 6.07. The number of hydrogen-bond donors (Lipinski definition) is 1. The largest absolute Gasteiger partial charge is 0.311 e. The van der Waals surface area contributed by atoms with Crippen molar-refractivity contribution < 1.29 is 0 Å². The van der Waals surface area contributed by atoms with Crippen molar-refractivity contribution in [3.63, 3.8) is 0 Å². The monoisotopic (exact) mass is 314 g/mol. The number of nitrogens with one attached hydrogen (secondary N) is 1. The molecule has 20 heavy (non-hydrogen) atoms. The van der Waals surface area contributed by atoms with E-state index >= 15 is 0 Å². The molecule has 2 nitrogen and oxygen atoms in total. The summed E-state index contributed by atoms with van der Waals surface area (Å²) in [7, 11) is 0. The SMILES string of the molecule is CCCC1CN(Cc2ccc(Cl)s2)C(C(C)CC)CN1. The number of thiophene rings is 1. The molecule has 0 spiro atoms. The fourth-order valence-electron chi connectivity index (χ4n) is 3.09. The Bertz CT molecular complexity index is 407. The Kier molecular flexibility index (Phi) is 6.34. The Morgan fingerprint density at radius 3 is 2.85 bits per heavy atom. The third-order valence-corrected chi connectivity index (χ3v) is 5.68. The molecule has 0 radical (unpaired) electrons. The Balaban J connectivity index is 2.04. The van der Waals surface area contributed by atoms with E-state index in [-0.39, 0.29) is 0 Å². The number of piperazine rings is 1. The van der Waals surface area contributed by atoms with Crippen LogP contribution in [-0.2, 0) is 6.54 Å². The first kappa shape index (κ1) is 16.3. The zero-order chi connectivity index (χ0) is 14.5. The zero-order valence-electron chi connectivity index (χ0n) is 12.9. The summed E-state index contributed by atoms with van der Waals surface area (Å²) in [6.07, 6.45) is 3.77. The highest BCUT2D eigenvalue weighted by Crippen LogP contribution is 2.26. The Morgan fingerprint density at radius 1 is 1.45 bits per heavy atom. The average molecular weight is 315 g/mol. The van der Waals surface area contributed by atoms with Crippen molar-refractivity contribution in [3.05, 3.63) is 21.3 Å². The summed E-state index contributed by atoms with van der Waals surface area (Å²) in [5, 5.41) is 3.74. The summed E-state index contributed by atoms with van der Waals surface area (Å²) in [6.45, 7) is 10.3. The summed E-state index contributed by atoms with van der Waals surface area (Å²) in [6, 6.07) is 5.49. The van der Waals surface area contributed by atoms with Crippen LogP contribution in [0.3, 0.4) is 0 Å². The molecule has 1 aliphatic rings. The van der Waals surface area contributed by atoms with Crippen LogP contribution >= 0.6 is 22.9 Å². The molecule has 2 heterocycles. The lowest BCUT2D eigenvalue weighted by atomic mass is 9.93. The second kappa shape index (κ2) is 7.79. The Morgan fingerprint density at radius 2 is 2.25 bits per heavy atom. The molecule has 1 N–H and O–H groups in total. The summed E-state index contributed by atoms with van der Waals surface area (Å²) in [4.78, 5) is 4.06. The molecule has 1 saturated heterocycles. The van der Waals surface area contributed by atoms with Crippen LogP contribution < -0.4 is 5.32 Å². The van der Waals surface area contributed by atoms with Gasteiger partial charge in [-0.3, -0.25) is 4.90 Å². The molecule has 1 aliphatic heterocycles. The van der Waals surface area contributed by atoms with Crippen LogP contribution in [0.1, 0.15) is 44.9 Å². The van der Waals surface area contributed by atoms with Gasteiger partial charge in [0.25, 0.3) is 0 Å². The van der Waals surface area contributed by atoms with Crippen molar-refractivity contribution in [1.29, 1.82) is 0 Å². The quantitative estimate of drug-likeness (QED) is 0.837. The number of nitrogens with zero attached hydrogens (tertiary/aromatic N) is 1. The van der Waals surface area contributed by atoms with Gasteiger partial charge >= 0.3 is 0 Å². The molecular weight excluding hydrogens is 288 g/mol. The molecule has 3 atom stereocenters. The van der Waals surface area contributed by atoms with Gasteiger partial charge in [-0.25, -0.2) is 0 Å². The van der Waals surface area contributed by atoms with E-state index in [9.17, 15) is 0 Å². The smallest absolute Gasteiger partial charge is 0.0931 e. The molecular formula is C16H27ClN2S. The van der Waals surface area contributed by atoms with Crippen molar-refractivity contribution in [2.45, 2.75) is 58.7 Å². The summed E-state index contributed by atoms with van der Waals surface area (Å²) < 4.78 is 0.903. The van der Waals surface area contributed by atoms with Crippen LogP contribution in [0.5, 0.6) is 0 Å². The molecule has 1 fully saturated rings. The van der Waals surface area contributed by atoms with Crippen LogP contribution in [0, 0.1) is 5.92 Å². The molecule has 114 valence electrons. The lowest BCUT2D eigenvalue weighted by Crippen LogP contribution is -2.57. The van der Waals surface area contributed by atoms with E-state index in [1.165, 1.54) is 30.7 Å². The maximum Gasteiger partial charge on any atom is 0.0931 e. The minimum Gasteiger partial charge on any atom is -0.311 e. The van der Waals surface area contributed by atoms with Crippen molar-refractivity contribution in [1.82, 2.24) is 10.2 Å². The highest BCUT2D eigenvalue weighted by Gasteiger charge is 2.30. The first-order valence-corrected chi connectivity index (χ1v) is 9.05. The Hall–Kier alpha value is -0.0900. The highest BCUT2D eigenvalue weighted by molar-refractivity contribution is 7.16. The molecule has 2 rings (SSSR count). The summed E-state index contributed by atoms with van der Waals surface area (Å²) in [5.41, 5.74) is 0. The van der Waals surface area contributed by atoms with Gasteiger partial charge in [0.15, 0.2) is 0 Å². The summed E-state index contributed by atoms with van der Waals surface area (Å²) in [5.74, 6) is 0.737. The van der Waals surface area contributed by atoms with E-state index in [4.69, 9.17) is 11.6 Å². The highest BCUT2D eigenvalue weighted by atomic mass is 35.5. The summed E-state index contributed by atoms with van der Waals surface area (Å²) >= 11 is 7.79. The second-order valence-corrected chi connectivity index (χ2v) is 7.78. The molecule has 0 aliphatic carbocycles. The normalized spacial score (nSPS) is 25.8. The predicted octanol–water partition coefficient (Wildman–Crippen LogP) is 4.39. The molecule has 0 bridgehead atoms. The topological polar surface area (TPSA) is 15.3 Å². The third-order valence-electron chi connectivity index (χ3n) is 4.47. The van der Waals surface area contributed by atoms with Crippen molar-refractivity contribution >= 4 is 22.9 Å². The van der Waals surface area contributed by atoms with E-state index in [1.807, 2.05) is 6.07 Å². The van der Waals surface area contributed by atoms with E-state index in [0.717, 1.165) is 23.3 Å². The van der Waals surface area contributed by atoms with Gasteiger partial charge in [-0.15, -0.1) is 11.3 Å². The number of rotatable bonds is 6. The van der Waals surface area contributed by atoms with E-state index in [0.29, 0.717) is 12.1 Å². The molecule has 0 aromatic carbocycles. The molecule has 0 amide bonds. The fraction of sp³-hybridized carbons (Fsp3) is 0.750. The van der Waals surface area contributed by atoms with E-state index in [2.05, 4.69) is 37.1 Å². The van der Waals surface area contributed by atoms with E-state index in [1.54, 1.807) is 11.3 Å². The van der Waals surface area contributed by atoms with Gasteiger partial charge in [0.05, 0.1) is 4.34 Å². The Labute approximate surface area is 132 Å². The van der Waals surface area contributed by atoms with Crippen LogP contribution in [0.2, 0.25) is 4.34 Å². The van der Waals surface area contributed by atoms with Crippen molar-refractivity contribution in [3.8, 4) is 0 Å². The number of hydrogen-bond acceptors (Lipinski definition) is 3. The number of halogens is 1. The van der Waals surface area contributed by atoms with E-state index < -0.39 is 0 Å². The third kappa shape index (κ3) is 4.20. The molecule has 1 aromatic heterocycles. The van der Waals surface area contributed by atoms with Gasteiger partial charge in [-0.2, -0.15) is 0 Å². The van der Waals surface area contributed by atoms with Gasteiger partial charge in [0.2, 0.25) is 0 Å². The zero-order valence-corrected chi connectivity index (χ0v) is 14.4. The predicted molar refractivity (Wildman–Crippen MR) is 89.7 cm³/mol. The lowest BCUT2D eigenvalue weighted by molar-refractivity contribution is 0.0828. The lowest BCUT2D eigenvalue weighted by Gasteiger charge is -2.43. The van der Waals surface area contributed by atoms with Gasteiger partial charge in [-0.05, 0) is 24.5 Å². The first-order chi connectivity index (χ1) is 9.63. The van der Waals surface area contributed by atoms with Gasteiger partial charge in [-0.1, -0.05) is 45.2 Å². The molecule has 3 unspecified atom stereocenters. The minimum absolute atomic E-state index is 0.647. The van der Waals surface area contributed by atoms with Crippen LogP contribution in [0.15, 0.2) is 12.1 Å². The van der Waals surface area contributed by atoms with Gasteiger partial charge < -0.3 is 5.32 Å². The second-order valence-electron chi connectivity index (χ2n) is 5.98. The van der Waals surface area contributed by atoms with Gasteiger partial charge in [0, 0.05) is 36.6 Å². The standard InChI is InChI=1S/C16H27ClN2S/c1-4-6-13-10-19(11-14-7-8-16(17)20-14)15(9-18-13)12(3)5-2/h7-8,12-13,15,18H,4-6,9-11H2,1-3H3. The first-order valence-electron chi connectivity index (χ1n) is 7.85. The fourth-order valence-corrected chi connectivity index (χ4v) is 4.21. The molecule has 0 saturated carbocycles. The van der Waals surface area contributed by atoms with Crippen molar-refractivity contribution in [2.75, 3.05) is 13.1 Å². The molecule has 4 heteroatoms. The maximum atomic E-state index is 6.07. The van der Waals surface area contributed by atoms with Crippen molar-refractivity contribution in [2.24, 2.45) is 5.92 Å². The average Bonchev–Trinajstić information content (AvgIpc) is 2.84. The minimum atomic E-state index is 0.647. The van der Waals surface area contributed by atoms with Crippen LogP contribution in [0.4, 0.5) is 0 Å². The van der Waals surface area contributed by atoms with Gasteiger partial charge in [0.1, 0.15) is 0 Å². The van der Waals surface area contributed by atoms with Crippen LogP contribution in [-0.4, -0.2) is 30.1 Å².